The number of amides is 1. The van der Waals surface area contributed by atoms with Crippen molar-refractivity contribution in [3.63, 3.8) is 0 Å². The summed E-state index contributed by atoms with van der Waals surface area (Å²) in [6, 6.07) is 0. The molecule has 1 aliphatic heterocycles. The summed E-state index contributed by atoms with van der Waals surface area (Å²) in [6.45, 7) is 7.02. The molecule has 0 aromatic rings. The Morgan fingerprint density at radius 1 is 1.12 bits per heavy atom. The average Bonchev–Trinajstić information content (AvgIpc) is 2.48. The van der Waals surface area contributed by atoms with Gasteiger partial charge in [0, 0.05) is 32.1 Å². The lowest BCUT2D eigenvalue weighted by Gasteiger charge is -2.33. The Morgan fingerprint density at radius 3 is 2.08 bits per heavy atom. The molecule has 0 saturated carbocycles. The first-order valence-electron chi connectivity index (χ1n) is 8.90. The third kappa shape index (κ3) is 8.01. The molecule has 0 aromatic carbocycles. The SMILES string of the molecule is CN(C)CCN(CC(=O)OC(C)(C)C)C(=O)C1CCN(S(C)(=O)=O)CC1. The molecule has 0 radical (unpaired) electrons. The van der Waals surface area contributed by atoms with Crippen molar-refractivity contribution in [2.75, 3.05) is 53.1 Å². The normalized spacial score (nSPS) is 17.3. The van der Waals surface area contributed by atoms with E-state index in [-0.39, 0.29) is 18.4 Å². The molecule has 0 atom stereocenters. The lowest BCUT2D eigenvalue weighted by atomic mass is 9.96. The van der Waals surface area contributed by atoms with Gasteiger partial charge < -0.3 is 14.5 Å². The van der Waals surface area contributed by atoms with Gasteiger partial charge in [-0.25, -0.2) is 12.7 Å². The first-order chi connectivity index (χ1) is 11.8. The molecule has 9 heteroatoms. The maximum absolute atomic E-state index is 12.9. The topological polar surface area (TPSA) is 87.2 Å². The highest BCUT2D eigenvalue weighted by Gasteiger charge is 2.32. The fraction of sp³-hybridized carbons (Fsp3) is 0.882. The second-order valence-corrected chi connectivity index (χ2v) is 10.1. The van der Waals surface area contributed by atoms with Crippen LogP contribution in [0.1, 0.15) is 33.6 Å². The van der Waals surface area contributed by atoms with Gasteiger partial charge in [0.25, 0.3) is 0 Å². The van der Waals surface area contributed by atoms with E-state index in [1.165, 1.54) is 15.5 Å². The van der Waals surface area contributed by atoms with Crippen molar-refractivity contribution >= 4 is 21.9 Å². The number of hydrogen-bond donors (Lipinski definition) is 0. The lowest BCUT2D eigenvalue weighted by molar-refractivity contribution is -0.160. The van der Waals surface area contributed by atoms with E-state index in [0.717, 1.165) is 0 Å². The van der Waals surface area contributed by atoms with Crippen LogP contribution in [0.2, 0.25) is 0 Å². The van der Waals surface area contributed by atoms with Crippen LogP contribution in [0.5, 0.6) is 0 Å². The second-order valence-electron chi connectivity index (χ2n) is 8.09. The van der Waals surface area contributed by atoms with E-state index in [9.17, 15) is 18.0 Å². The van der Waals surface area contributed by atoms with Crippen LogP contribution in [0.15, 0.2) is 0 Å². The van der Waals surface area contributed by atoms with E-state index in [1.54, 1.807) is 20.8 Å². The Kier molecular flexibility index (Phi) is 8.04. The molecule has 1 amide bonds. The van der Waals surface area contributed by atoms with Gasteiger partial charge in [-0.3, -0.25) is 9.59 Å². The maximum Gasteiger partial charge on any atom is 0.326 e. The third-order valence-corrected chi connectivity index (χ3v) is 5.44. The molecule has 0 unspecified atom stereocenters. The number of esters is 1. The molecule has 0 bridgehead atoms. The van der Waals surface area contributed by atoms with Gasteiger partial charge in [-0.2, -0.15) is 0 Å². The molecule has 8 nitrogen and oxygen atoms in total. The molecular formula is C17H33N3O5S. The number of nitrogens with zero attached hydrogens (tertiary/aromatic N) is 3. The van der Waals surface area contributed by atoms with Crippen LogP contribution < -0.4 is 0 Å². The fourth-order valence-electron chi connectivity index (χ4n) is 2.81. The summed E-state index contributed by atoms with van der Waals surface area (Å²) < 4.78 is 30.0. The minimum absolute atomic E-state index is 0.0871. The lowest BCUT2D eigenvalue weighted by Crippen LogP contribution is -2.47. The summed E-state index contributed by atoms with van der Waals surface area (Å²) in [5, 5.41) is 0. The highest BCUT2D eigenvalue weighted by molar-refractivity contribution is 7.88. The Morgan fingerprint density at radius 2 is 1.65 bits per heavy atom. The Labute approximate surface area is 157 Å². The number of likely N-dealkylation sites (N-methyl/N-ethyl adjacent to an activating group) is 1. The highest BCUT2D eigenvalue weighted by Crippen LogP contribution is 2.21. The molecule has 0 N–H and O–H groups in total. The van der Waals surface area contributed by atoms with Crippen molar-refractivity contribution in [2.24, 2.45) is 5.92 Å². The van der Waals surface area contributed by atoms with E-state index >= 15 is 0 Å². The van der Waals surface area contributed by atoms with Crippen molar-refractivity contribution in [3.05, 3.63) is 0 Å². The van der Waals surface area contributed by atoms with Gasteiger partial charge in [0.15, 0.2) is 0 Å². The largest absolute Gasteiger partial charge is 0.459 e. The van der Waals surface area contributed by atoms with E-state index in [2.05, 4.69) is 0 Å². The summed E-state index contributed by atoms with van der Waals surface area (Å²) in [5.41, 5.74) is -0.603. The zero-order valence-electron chi connectivity index (χ0n) is 16.8. The number of sulfonamides is 1. The number of rotatable bonds is 7. The van der Waals surface area contributed by atoms with Crippen LogP contribution in [0.4, 0.5) is 0 Å². The van der Waals surface area contributed by atoms with Crippen LogP contribution in [-0.4, -0.2) is 93.1 Å². The molecule has 152 valence electrons. The van der Waals surface area contributed by atoms with E-state index in [4.69, 9.17) is 4.74 Å². The molecule has 0 spiro atoms. The standard InChI is InChI=1S/C17H33N3O5S/c1-17(2,3)25-15(21)13-19(12-11-18(4)5)16(22)14-7-9-20(10-8-14)26(6,23)24/h14H,7-13H2,1-6H3. The van der Waals surface area contributed by atoms with Crippen LogP contribution >= 0.6 is 0 Å². The van der Waals surface area contributed by atoms with Crippen molar-refractivity contribution in [1.29, 1.82) is 0 Å². The Balaban J connectivity index is 2.74. The Hall–Kier alpha value is -1.19. The molecule has 1 heterocycles. The third-order valence-electron chi connectivity index (χ3n) is 4.14. The monoisotopic (exact) mass is 391 g/mol. The van der Waals surface area contributed by atoms with E-state index < -0.39 is 21.6 Å². The van der Waals surface area contributed by atoms with Crippen molar-refractivity contribution in [1.82, 2.24) is 14.1 Å². The first-order valence-corrected chi connectivity index (χ1v) is 10.7. The number of carbonyl (C=O) groups excluding carboxylic acids is 2. The molecule has 1 aliphatic rings. The van der Waals surface area contributed by atoms with Crippen LogP contribution in [0.3, 0.4) is 0 Å². The predicted octanol–water partition coefficient (Wildman–Crippen LogP) is 0.390. The number of carbonyl (C=O) groups is 2. The molecule has 1 rings (SSSR count). The summed E-state index contributed by atoms with van der Waals surface area (Å²) in [7, 11) is 0.579. The fourth-order valence-corrected chi connectivity index (χ4v) is 3.68. The van der Waals surface area contributed by atoms with Crippen molar-refractivity contribution in [3.8, 4) is 0 Å². The molecule has 0 aliphatic carbocycles. The van der Waals surface area contributed by atoms with Gasteiger partial charge in [-0.15, -0.1) is 0 Å². The van der Waals surface area contributed by atoms with Gasteiger partial charge in [0.1, 0.15) is 12.1 Å². The zero-order chi connectivity index (χ0) is 20.1. The summed E-state index contributed by atoms with van der Waals surface area (Å²) >= 11 is 0. The van der Waals surface area contributed by atoms with Gasteiger partial charge in [0.2, 0.25) is 15.9 Å². The predicted molar refractivity (Wildman–Crippen MR) is 100 cm³/mol. The zero-order valence-corrected chi connectivity index (χ0v) is 17.6. The number of ether oxygens (including phenoxy) is 1. The smallest absolute Gasteiger partial charge is 0.326 e. The van der Waals surface area contributed by atoms with Crippen molar-refractivity contribution in [2.45, 2.75) is 39.2 Å². The molecule has 1 saturated heterocycles. The quantitative estimate of drug-likeness (QED) is 0.584. The second kappa shape index (κ2) is 9.14. The van der Waals surface area contributed by atoms with E-state index in [0.29, 0.717) is 39.0 Å². The summed E-state index contributed by atoms with van der Waals surface area (Å²) in [6.07, 6.45) is 2.12. The van der Waals surface area contributed by atoms with Gasteiger partial charge in [0.05, 0.1) is 6.26 Å². The average molecular weight is 392 g/mol. The Bertz CT molecular complexity index is 590. The van der Waals surface area contributed by atoms with Crippen LogP contribution in [0.25, 0.3) is 0 Å². The van der Waals surface area contributed by atoms with Gasteiger partial charge in [-0.05, 0) is 47.7 Å². The van der Waals surface area contributed by atoms with Gasteiger partial charge >= 0.3 is 5.97 Å². The molecule has 26 heavy (non-hydrogen) atoms. The molecule has 0 aromatic heterocycles. The van der Waals surface area contributed by atoms with Crippen molar-refractivity contribution < 1.29 is 22.7 Å². The maximum atomic E-state index is 12.9. The summed E-state index contributed by atoms with van der Waals surface area (Å²) in [5.74, 6) is -0.804. The molecular weight excluding hydrogens is 358 g/mol. The first kappa shape index (κ1) is 22.9. The van der Waals surface area contributed by atoms with Crippen LogP contribution in [-0.2, 0) is 24.3 Å². The minimum atomic E-state index is -3.23. The molecule has 1 fully saturated rings. The highest BCUT2D eigenvalue weighted by atomic mass is 32.2. The number of piperidine rings is 1. The minimum Gasteiger partial charge on any atom is -0.459 e. The van der Waals surface area contributed by atoms with Crippen LogP contribution in [0, 0.1) is 5.92 Å². The summed E-state index contributed by atoms with van der Waals surface area (Å²) in [4.78, 5) is 28.5. The number of hydrogen-bond acceptors (Lipinski definition) is 6. The van der Waals surface area contributed by atoms with Gasteiger partial charge in [-0.1, -0.05) is 0 Å². The van der Waals surface area contributed by atoms with E-state index in [1.807, 2.05) is 19.0 Å².